The molecule has 14 nitrogen and oxygen atoms in total. The van der Waals surface area contributed by atoms with Crippen molar-refractivity contribution in [1.29, 1.82) is 0 Å². The van der Waals surface area contributed by atoms with E-state index >= 15 is 0 Å². The van der Waals surface area contributed by atoms with Crippen LogP contribution in [0.1, 0.15) is 53.8 Å². The molecule has 2 aliphatic heterocycles. The SMILES string of the molecule is C[C@@H](O)[C@H]1C(=O)N2C(C(=O)O)=C(CN(CCCCNC(=O)c3cccc(O)c3O)CCCNC(=O)c3cccc(O)c3O)[C@H](C)[C@H]12. The largest absolute Gasteiger partial charge is 0.504 e. The first-order chi connectivity index (χ1) is 21.8. The molecule has 0 saturated carbocycles. The van der Waals surface area contributed by atoms with E-state index in [1.807, 2.05) is 11.8 Å². The normalized spacial score (nSPS) is 19.5. The Morgan fingerprint density at radius 1 is 0.870 bits per heavy atom. The lowest BCUT2D eigenvalue weighted by molar-refractivity contribution is -0.163. The minimum absolute atomic E-state index is 0.0549. The minimum Gasteiger partial charge on any atom is -0.504 e. The van der Waals surface area contributed by atoms with Gasteiger partial charge >= 0.3 is 5.97 Å². The monoisotopic (exact) mass is 640 g/mol. The highest BCUT2D eigenvalue weighted by molar-refractivity contribution is 6.00. The number of phenols is 4. The van der Waals surface area contributed by atoms with Crippen LogP contribution in [0.3, 0.4) is 0 Å². The molecule has 46 heavy (non-hydrogen) atoms. The first-order valence-electron chi connectivity index (χ1n) is 15.1. The van der Waals surface area contributed by atoms with Crippen LogP contribution in [0.4, 0.5) is 0 Å². The van der Waals surface area contributed by atoms with E-state index in [-0.39, 0.29) is 42.4 Å². The highest BCUT2D eigenvalue weighted by Gasteiger charge is 2.59. The summed E-state index contributed by atoms with van der Waals surface area (Å²) in [5, 5.41) is 64.9. The predicted octanol–water partition coefficient (Wildman–Crippen LogP) is 1.34. The van der Waals surface area contributed by atoms with Crippen LogP contribution >= 0.6 is 0 Å². The number of carboxylic acid groups (broad SMARTS) is 1. The molecule has 3 amide bonds. The van der Waals surface area contributed by atoms with Crippen LogP contribution in [0.15, 0.2) is 47.7 Å². The number of rotatable bonds is 15. The fourth-order valence-corrected chi connectivity index (χ4v) is 6.15. The zero-order valence-corrected chi connectivity index (χ0v) is 25.6. The van der Waals surface area contributed by atoms with E-state index in [1.54, 1.807) is 0 Å². The summed E-state index contributed by atoms with van der Waals surface area (Å²) in [6.45, 7) is 4.98. The van der Waals surface area contributed by atoms with Gasteiger partial charge in [-0.1, -0.05) is 19.1 Å². The van der Waals surface area contributed by atoms with Gasteiger partial charge in [0.15, 0.2) is 23.0 Å². The smallest absolute Gasteiger partial charge is 0.352 e. The molecule has 0 spiro atoms. The molecule has 0 bridgehead atoms. The van der Waals surface area contributed by atoms with Crippen molar-refractivity contribution in [2.24, 2.45) is 11.8 Å². The van der Waals surface area contributed by atoms with Crippen LogP contribution in [0, 0.1) is 11.8 Å². The number of hydrogen-bond donors (Lipinski definition) is 8. The van der Waals surface area contributed by atoms with E-state index < -0.39 is 64.8 Å². The van der Waals surface area contributed by atoms with Crippen LogP contribution < -0.4 is 10.6 Å². The van der Waals surface area contributed by atoms with Gasteiger partial charge in [0.2, 0.25) is 5.91 Å². The Morgan fingerprint density at radius 2 is 1.39 bits per heavy atom. The molecule has 2 heterocycles. The van der Waals surface area contributed by atoms with E-state index in [1.165, 1.54) is 48.2 Å². The number of aliphatic hydroxyl groups excluding tert-OH is 1. The summed E-state index contributed by atoms with van der Waals surface area (Å²) in [6.07, 6.45) is 0.647. The number of carboxylic acids is 1. The Hall–Kier alpha value is -4.82. The number of aliphatic hydroxyl groups is 1. The van der Waals surface area contributed by atoms with E-state index in [0.717, 1.165) is 0 Å². The van der Waals surface area contributed by atoms with Crippen LogP contribution in [-0.2, 0) is 9.59 Å². The molecule has 0 unspecified atom stereocenters. The molecule has 1 saturated heterocycles. The maximum atomic E-state index is 12.8. The highest BCUT2D eigenvalue weighted by atomic mass is 16.4. The molecule has 4 rings (SSSR count). The lowest BCUT2D eigenvalue weighted by Crippen LogP contribution is -2.63. The molecule has 4 atom stereocenters. The van der Waals surface area contributed by atoms with Gasteiger partial charge in [0, 0.05) is 32.1 Å². The number of para-hydroxylation sites is 2. The van der Waals surface area contributed by atoms with E-state index in [0.29, 0.717) is 37.9 Å². The van der Waals surface area contributed by atoms with Gasteiger partial charge in [-0.25, -0.2) is 4.79 Å². The Kier molecular flexibility index (Phi) is 10.7. The Morgan fingerprint density at radius 3 is 1.91 bits per heavy atom. The maximum absolute atomic E-state index is 12.8. The van der Waals surface area contributed by atoms with Gasteiger partial charge in [0.05, 0.1) is 29.2 Å². The van der Waals surface area contributed by atoms with Crippen molar-refractivity contribution < 1.29 is 49.8 Å². The first-order valence-corrected chi connectivity index (χ1v) is 15.1. The summed E-state index contributed by atoms with van der Waals surface area (Å²) in [4.78, 5) is 53.4. The molecule has 0 radical (unpaired) electrons. The van der Waals surface area contributed by atoms with Gasteiger partial charge in [0.1, 0.15) is 5.70 Å². The number of β-lactam (4-membered cyclic amide) rings is 1. The van der Waals surface area contributed by atoms with Gasteiger partial charge in [-0.2, -0.15) is 0 Å². The van der Waals surface area contributed by atoms with Crippen molar-refractivity contribution in [2.45, 2.75) is 45.3 Å². The van der Waals surface area contributed by atoms with Crippen molar-refractivity contribution in [3.63, 3.8) is 0 Å². The number of benzene rings is 2. The van der Waals surface area contributed by atoms with Gasteiger partial charge in [0.25, 0.3) is 11.8 Å². The van der Waals surface area contributed by atoms with Crippen LogP contribution in [0.2, 0.25) is 0 Å². The molecule has 1 fully saturated rings. The maximum Gasteiger partial charge on any atom is 0.352 e. The van der Waals surface area contributed by atoms with Crippen LogP contribution in [-0.4, -0.2) is 109 Å². The van der Waals surface area contributed by atoms with Crippen molar-refractivity contribution in [3.05, 3.63) is 58.8 Å². The first kappa shape index (κ1) is 34.1. The van der Waals surface area contributed by atoms with Crippen molar-refractivity contribution in [1.82, 2.24) is 20.4 Å². The fourth-order valence-electron chi connectivity index (χ4n) is 6.15. The second kappa shape index (κ2) is 14.5. The topological polar surface area (TPSA) is 220 Å². The number of fused-ring (bicyclic) bond motifs is 1. The molecule has 2 aromatic carbocycles. The third kappa shape index (κ3) is 7.02. The lowest BCUT2D eigenvalue weighted by Gasteiger charge is -2.46. The van der Waals surface area contributed by atoms with Crippen LogP contribution in [0.25, 0.3) is 0 Å². The third-order valence-electron chi connectivity index (χ3n) is 8.55. The third-order valence-corrected chi connectivity index (χ3v) is 8.55. The van der Waals surface area contributed by atoms with Gasteiger partial charge in [-0.05, 0) is 62.6 Å². The lowest BCUT2D eigenvalue weighted by atomic mass is 9.77. The van der Waals surface area contributed by atoms with Gasteiger partial charge in [-0.3, -0.25) is 19.3 Å². The molecule has 0 aliphatic carbocycles. The highest BCUT2D eigenvalue weighted by Crippen LogP contribution is 2.47. The number of phenolic OH excluding ortho intramolecular Hbond substituents is 4. The van der Waals surface area contributed by atoms with Crippen molar-refractivity contribution in [3.8, 4) is 23.0 Å². The quantitative estimate of drug-likeness (QED) is 0.0788. The average molecular weight is 641 g/mol. The minimum atomic E-state index is -1.22. The summed E-state index contributed by atoms with van der Waals surface area (Å²) in [5.74, 6) is -5.60. The Balaban J connectivity index is 1.40. The summed E-state index contributed by atoms with van der Waals surface area (Å²) in [6, 6.07) is 7.72. The molecule has 2 aromatic rings. The molecule has 2 aliphatic rings. The van der Waals surface area contributed by atoms with E-state index in [9.17, 15) is 49.8 Å². The number of nitrogens with zero attached hydrogens (tertiary/aromatic N) is 2. The second-order valence-electron chi connectivity index (χ2n) is 11.6. The number of carbonyl (C=O) groups excluding carboxylic acids is 3. The van der Waals surface area contributed by atoms with Crippen molar-refractivity contribution >= 4 is 23.7 Å². The zero-order valence-electron chi connectivity index (χ0n) is 25.6. The molecule has 8 N–H and O–H groups in total. The van der Waals surface area contributed by atoms with Crippen LogP contribution in [0.5, 0.6) is 23.0 Å². The number of unbranched alkanes of at least 4 members (excludes halogenated alkanes) is 1. The molecular weight excluding hydrogens is 600 g/mol. The predicted molar refractivity (Wildman–Crippen MR) is 164 cm³/mol. The number of aliphatic carboxylic acids is 1. The van der Waals surface area contributed by atoms with E-state index in [2.05, 4.69) is 10.6 Å². The molecular formula is C32H40N4O10. The standard InChI is InChI=1S/C32H40N4O10/c1-17-21(26(32(45)46)36-25(17)24(18(2)37)31(36)44)16-35(15-7-13-34-30(43)20-9-6-11-23(39)28(20)41)14-4-3-12-33-29(42)19-8-5-10-22(38)27(19)40/h5-6,8-11,17-18,24-25,37-41H,3-4,7,12-16H2,1-2H3,(H,33,42)(H,34,43)(H,45,46)/t17-,18+,24+,25+/m0/s1. The summed E-state index contributed by atoms with van der Waals surface area (Å²) >= 11 is 0. The second-order valence-corrected chi connectivity index (χ2v) is 11.6. The van der Waals surface area contributed by atoms with Gasteiger partial charge < -0.3 is 46.2 Å². The fraction of sp³-hybridized carbons (Fsp3) is 0.438. The molecule has 14 heteroatoms. The molecule has 248 valence electrons. The summed E-state index contributed by atoms with van der Waals surface area (Å²) in [5.41, 5.74) is 0.363. The Labute approximate surface area is 265 Å². The van der Waals surface area contributed by atoms with Gasteiger partial charge in [-0.15, -0.1) is 0 Å². The number of nitrogens with one attached hydrogen (secondary N) is 2. The molecule has 0 aromatic heterocycles. The summed E-state index contributed by atoms with van der Waals surface area (Å²) < 4.78 is 0. The average Bonchev–Trinajstić information content (AvgIpc) is 3.24. The Bertz CT molecular complexity index is 1520. The van der Waals surface area contributed by atoms with E-state index in [4.69, 9.17) is 0 Å². The van der Waals surface area contributed by atoms with Crippen molar-refractivity contribution in [2.75, 3.05) is 32.7 Å². The summed E-state index contributed by atoms with van der Waals surface area (Å²) in [7, 11) is 0. The number of amides is 3. The number of hydrogen-bond acceptors (Lipinski definition) is 10. The number of carbonyl (C=O) groups is 4. The zero-order chi connectivity index (χ0) is 33.7. The number of aromatic hydroxyl groups is 4.